The van der Waals surface area contributed by atoms with Crippen LogP contribution in [0.15, 0.2) is 18.3 Å². The van der Waals surface area contributed by atoms with Crippen LogP contribution in [0, 0.1) is 5.82 Å². The molecule has 1 heterocycles. The van der Waals surface area contributed by atoms with Crippen molar-refractivity contribution < 1.29 is 9.18 Å². The smallest absolute Gasteiger partial charge is 0.226 e. The first-order valence-corrected chi connectivity index (χ1v) is 4.06. The van der Waals surface area contributed by atoms with Crippen LogP contribution in [0.4, 0.5) is 4.39 Å². The molecule has 1 aromatic heterocycles. The summed E-state index contributed by atoms with van der Waals surface area (Å²) in [4.78, 5) is 14.7. The maximum absolute atomic E-state index is 12.5. The van der Waals surface area contributed by atoms with Crippen molar-refractivity contribution >= 4 is 5.91 Å². The Labute approximate surface area is 75.8 Å². The normalized spacial score (nSPS) is 12.5. The Balaban J connectivity index is 2.92. The number of rotatable bonds is 3. The number of halogens is 1. The summed E-state index contributed by atoms with van der Waals surface area (Å²) in [5, 5.41) is 0. The zero-order valence-corrected chi connectivity index (χ0v) is 7.33. The number of amides is 1. The van der Waals surface area contributed by atoms with Gasteiger partial charge in [0, 0.05) is 0 Å². The fourth-order valence-corrected chi connectivity index (χ4v) is 1.15. The minimum atomic E-state index is -0.429. The van der Waals surface area contributed by atoms with Crippen molar-refractivity contribution in [3.8, 4) is 0 Å². The summed E-state index contributed by atoms with van der Waals surface area (Å²) in [5.41, 5.74) is 5.67. The Bertz CT molecular complexity index is 297. The van der Waals surface area contributed by atoms with E-state index in [4.69, 9.17) is 5.73 Å². The van der Waals surface area contributed by atoms with Crippen LogP contribution in [0.3, 0.4) is 0 Å². The van der Waals surface area contributed by atoms with Crippen LogP contribution in [0.25, 0.3) is 0 Å². The molecule has 2 N–H and O–H groups in total. The number of aromatic nitrogens is 1. The maximum Gasteiger partial charge on any atom is 0.226 e. The van der Waals surface area contributed by atoms with Gasteiger partial charge in [-0.25, -0.2) is 4.39 Å². The van der Waals surface area contributed by atoms with Gasteiger partial charge in [0.15, 0.2) is 0 Å². The van der Waals surface area contributed by atoms with Gasteiger partial charge in [-0.2, -0.15) is 0 Å². The zero-order valence-electron chi connectivity index (χ0n) is 7.33. The van der Waals surface area contributed by atoms with E-state index in [0.29, 0.717) is 12.1 Å². The predicted octanol–water partition coefficient (Wildman–Crippen LogP) is 1.20. The lowest BCUT2D eigenvalue weighted by atomic mass is 10.0. The molecule has 0 spiro atoms. The quantitative estimate of drug-likeness (QED) is 0.763. The Morgan fingerprint density at radius 2 is 2.38 bits per heavy atom. The molecule has 0 fully saturated rings. The van der Waals surface area contributed by atoms with Gasteiger partial charge in [-0.05, 0) is 18.6 Å². The zero-order chi connectivity index (χ0) is 9.84. The van der Waals surface area contributed by atoms with E-state index >= 15 is 0 Å². The van der Waals surface area contributed by atoms with Crippen LogP contribution in [0.1, 0.15) is 25.0 Å². The number of primary amides is 1. The third-order valence-corrected chi connectivity index (χ3v) is 1.86. The van der Waals surface area contributed by atoms with Crippen molar-refractivity contribution in [3.63, 3.8) is 0 Å². The monoisotopic (exact) mass is 182 g/mol. The Morgan fingerprint density at radius 1 is 1.69 bits per heavy atom. The molecule has 1 unspecified atom stereocenters. The standard InChI is InChI=1S/C9H11FN2O/c1-2-7(9(11)13)8-4-3-6(10)5-12-8/h3-5,7H,2H2,1H3,(H2,11,13). The molecule has 1 rings (SSSR count). The molecule has 3 nitrogen and oxygen atoms in total. The number of pyridine rings is 1. The second-order valence-electron chi connectivity index (χ2n) is 2.76. The SMILES string of the molecule is CCC(C(N)=O)c1ccc(F)cn1. The molecule has 70 valence electrons. The lowest BCUT2D eigenvalue weighted by Gasteiger charge is -2.08. The van der Waals surface area contributed by atoms with Crippen molar-refractivity contribution in [1.29, 1.82) is 0 Å². The molecule has 0 aromatic carbocycles. The van der Waals surface area contributed by atoms with Crippen molar-refractivity contribution in [3.05, 3.63) is 29.8 Å². The number of hydrogen-bond acceptors (Lipinski definition) is 2. The van der Waals surface area contributed by atoms with Gasteiger partial charge in [-0.1, -0.05) is 6.92 Å². The van der Waals surface area contributed by atoms with Gasteiger partial charge in [0.25, 0.3) is 0 Å². The van der Waals surface area contributed by atoms with Crippen LogP contribution < -0.4 is 5.73 Å². The van der Waals surface area contributed by atoms with E-state index < -0.39 is 17.6 Å². The first-order chi connectivity index (χ1) is 6.15. The first-order valence-electron chi connectivity index (χ1n) is 4.06. The molecule has 0 radical (unpaired) electrons. The molecule has 1 atom stereocenters. The fraction of sp³-hybridized carbons (Fsp3) is 0.333. The van der Waals surface area contributed by atoms with E-state index in [0.717, 1.165) is 6.20 Å². The van der Waals surface area contributed by atoms with Crippen LogP contribution in [-0.2, 0) is 4.79 Å². The highest BCUT2D eigenvalue weighted by molar-refractivity contribution is 5.81. The largest absolute Gasteiger partial charge is 0.369 e. The van der Waals surface area contributed by atoms with E-state index in [2.05, 4.69) is 4.98 Å². The third kappa shape index (κ3) is 2.24. The van der Waals surface area contributed by atoms with Crippen LogP contribution >= 0.6 is 0 Å². The van der Waals surface area contributed by atoms with Gasteiger partial charge in [0.1, 0.15) is 5.82 Å². The van der Waals surface area contributed by atoms with Crippen LogP contribution in [-0.4, -0.2) is 10.9 Å². The number of nitrogens with two attached hydrogens (primary N) is 1. The highest BCUT2D eigenvalue weighted by atomic mass is 19.1. The fourth-order valence-electron chi connectivity index (χ4n) is 1.15. The number of hydrogen-bond donors (Lipinski definition) is 1. The molecular formula is C9H11FN2O. The summed E-state index contributed by atoms with van der Waals surface area (Å²) < 4.78 is 12.5. The number of carbonyl (C=O) groups is 1. The molecule has 4 heteroatoms. The maximum atomic E-state index is 12.5. The van der Waals surface area contributed by atoms with Gasteiger partial charge < -0.3 is 5.73 Å². The average Bonchev–Trinajstić information content (AvgIpc) is 2.09. The van der Waals surface area contributed by atoms with Gasteiger partial charge in [0.2, 0.25) is 5.91 Å². The van der Waals surface area contributed by atoms with Crippen molar-refractivity contribution in [2.75, 3.05) is 0 Å². The molecular weight excluding hydrogens is 171 g/mol. The molecule has 0 bridgehead atoms. The summed E-state index contributed by atoms with van der Waals surface area (Å²) >= 11 is 0. The lowest BCUT2D eigenvalue weighted by molar-refractivity contribution is -0.119. The highest BCUT2D eigenvalue weighted by Crippen LogP contribution is 2.16. The molecule has 0 saturated heterocycles. The van der Waals surface area contributed by atoms with Crippen molar-refractivity contribution in [2.24, 2.45) is 5.73 Å². The van der Waals surface area contributed by atoms with E-state index in [-0.39, 0.29) is 0 Å². The van der Waals surface area contributed by atoms with E-state index in [1.165, 1.54) is 12.1 Å². The summed E-state index contributed by atoms with van der Waals surface area (Å²) in [6.45, 7) is 1.83. The van der Waals surface area contributed by atoms with Crippen molar-refractivity contribution in [2.45, 2.75) is 19.3 Å². The van der Waals surface area contributed by atoms with E-state index in [1.807, 2.05) is 6.92 Å². The van der Waals surface area contributed by atoms with E-state index in [9.17, 15) is 9.18 Å². The second kappa shape index (κ2) is 3.98. The average molecular weight is 182 g/mol. The summed E-state index contributed by atoms with van der Waals surface area (Å²) in [6.07, 6.45) is 1.66. The molecule has 13 heavy (non-hydrogen) atoms. The molecule has 0 saturated carbocycles. The molecule has 0 aliphatic heterocycles. The topological polar surface area (TPSA) is 56.0 Å². The Morgan fingerprint density at radius 3 is 2.77 bits per heavy atom. The summed E-state index contributed by atoms with van der Waals surface area (Å²) in [5.74, 6) is -1.26. The minimum absolute atomic E-state index is 0.414. The number of nitrogens with zero attached hydrogens (tertiary/aromatic N) is 1. The lowest BCUT2D eigenvalue weighted by Crippen LogP contribution is -2.21. The predicted molar refractivity (Wildman–Crippen MR) is 46.4 cm³/mol. The molecule has 0 aliphatic rings. The molecule has 0 aliphatic carbocycles. The van der Waals surface area contributed by atoms with E-state index in [1.54, 1.807) is 0 Å². The number of carbonyl (C=O) groups excluding carboxylic acids is 1. The summed E-state index contributed by atoms with van der Waals surface area (Å²) in [7, 11) is 0. The molecule has 1 aromatic rings. The Kier molecular flexibility index (Phi) is 2.95. The van der Waals surface area contributed by atoms with Gasteiger partial charge >= 0.3 is 0 Å². The van der Waals surface area contributed by atoms with Gasteiger partial charge in [-0.15, -0.1) is 0 Å². The third-order valence-electron chi connectivity index (χ3n) is 1.86. The summed E-state index contributed by atoms with van der Waals surface area (Å²) in [6, 6.07) is 2.75. The molecule has 1 amide bonds. The van der Waals surface area contributed by atoms with Crippen LogP contribution in [0.2, 0.25) is 0 Å². The second-order valence-corrected chi connectivity index (χ2v) is 2.76. The van der Waals surface area contributed by atoms with Gasteiger partial charge in [-0.3, -0.25) is 9.78 Å². The Hall–Kier alpha value is -1.45. The minimum Gasteiger partial charge on any atom is -0.369 e. The van der Waals surface area contributed by atoms with Crippen molar-refractivity contribution in [1.82, 2.24) is 4.98 Å². The first kappa shape index (κ1) is 9.64. The van der Waals surface area contributed by atoms with Crippen LogP contribution in [0.5, 0.6) is 0 Å². The highest BCUT2D eigenvalue weighted by Gasteiger charge is 2.16. The van der Waals surface area contributed by atoms with Gasteiger partial charge in [0.05, 0.1) is 17.8 Å².